The molecule has 0 spiro atoms. The van der Waals surface area contributed by atoms with Crippen LogP contribution in [0.25, 0.3) is 0 Å². The van der Waals surface area contributed by atoms with Crippen LogP contribution in [-0.2, 0) is 10.0 Å². The number of anilines is 1. The average Bonchev–Trinajstić information content (AvgIpc) is 3.09. The van der Waals surface area contributed by atoms with Crippen LogP contribution < -0.4 is 10.2 Å². The van der Waals surface area contributed by atoms with Crippen molar-refractivity contribution in [1.82, 2.24) is 19.6 Å². The minimum absolute atomic E-state index is 0.0154. The summed E-state index contributed by atoms with van der Waals surface area (Å²) in [5.41, 5.74) is 0. The summed E-state index contributed by atoms with van der Waals surface area (Å²) in [5, 5.41) is 2.55. The Bertz CT molecular complexity index is 850. The highest BCUT2D eigenvalue weighted by molar-refractivity contribution is 9.10. The zero-order valence-electron chi connectivity index (χ0n) is 13.8. The molecule has 9 nitrogen and oxygen atoms in total. The van der Waals surface area contributed by atoms with E-state index >= 15 is 0 Å². The smallest absolute Gasteiger partial charge is 0.287 e. The third-order valence-electron chi connectivity index (χ3n) is 3.91. The van der Waals surface area contributed by atoms with Crippen molar-refractivity contribution < 1.29 is 17.6 Å². The van der Waals surface area contributed by atoms with Crippen molar-refractivity contribution in [2.45, 2.75) is 0 Å². The fraction of sp³-hybridized carbons (Fsp3) is 0.400. The highest BCUT2D eigenvalue weighted by Crippen LogP contribution is 2.14. The maximum absolute atomic E-state index is 12.4. The molecule has 1 aliphatic heterocycles. The van der Waals surface area contributed by atoms with Gasteiger partial charge in [0.25, 0.3) is 5.91 Å². The van der Waals surface area contributed by atoms with Crippen LogP contribution in [0.5, 0.6) is 0 Å². The van der Waals surface area contributed by atoms with E-state index in [1.165, 1.54) is 10.4 Å². The summed E-state index contributed by atoms with van der Waals surface area (Å²) in [7, 11) is -3.45. The van der Waals surface area contributed by atoms with Crippen molar-refractivity contribution in [3.63, 3.8) is 0 Å². The van der Waals surface area contributed by atoms with Gasteiger partial charge in [0.1, 0.15) is 0 Å². The van der Waals surface area contributed by atoms with Gasteiger partial charge < -0.3 is 14.6 Å². The lowest BCUT2D eigenvalue weighted by atomic mass is 10.4. The Labute approximate surface area is 159 Å². The Balaban J connectivity index is 1.47. The number of carbonyl (C=O) groups excluding carboxylic acids is 1. The topological polar surface area (TPSA) is 109 Å². The van der Waals surface area contributed by atoms with E-state index in [2.05, 4.69) is 31.2 Å². The van der Waals surface area contributed by atoms with Gasteiger partial charge in [0.15, 0.2) is 10.4 Å². The lowest BCUT2D eigenvalue weighted by Crippen LogP contribution is -2.50. The highest BCUT2D eigenvalue weighted by Gasteiger charge is 2.27. The third kappa shape index (κ3) is 4.59. The summed E-state index contributed by atoms with van der Waals surface area (Å²) in [6.45, 7) is 1.78. The van der Waals surface area contributed by atoms with Gasteiger partial charge in [0, 0.05) is 45.1 Å². The van der Waals surface area contributed by atoms with Crippen LogP contribution >= 0.6 is 15.9 Å². The van der Waals surface area contributed by atoms with Gasteiger partial charge in [0.05, 0.1) is 5.75 Å². The van der Waals surface area contributed by atoms with Crippen LogP contribution in [0.15, 0.2) is 39.7 Å². The predicted molar refractivity (Wildman–Crippen MR) is 98.3 cm³/mol. The summed E-state index contributed by atoms with van der Waals surface area (Å²) in [4.78, 5) is 22.2. The fourth-order valence-corrected chi connectivity index (χ4v) is 4.21. The molecule has 1 aliphatic rings. The molecule has 0 bridgehead atoms. The molecule has 2 aromatic rings. The average molecular weight is 444 g/mol. The van der Waals surface area contributed by atoms with Gasteiger partial charge in [-0.1, -0.05) is 0 Å². The molecule has 1 fully saturated rings. The zero-order valence-corrected chi connectivity index (χ0v) is 16.2. The minimum atomic E-state index is -3.45. The van der Waals surface area contributed by atoms with Gasteiger partial charge in [0.2, 0.25) is 16.0 Å². The van der Waals surface area contributed by atoms with Gasteiger partial charge in [-0.25, -0.2) is 18.4 Å². The number of amides is 1. The molecule has 26 heavy (non-hydrogen) atoms. The number of rotatable bonds is 6. The van der Waals surface area contributed by atoms with Gasteiger partial charge in [-0.05, 0) is 34.1 Å². The zero-order chi connectivity index (χ0) is 18.6. The van der Waals surface area contributed by atoms with Crippen LogP contribution in [0.4, 0.5) is 5.95 Å². The monoisotopic (exact) mass is 443 g/mol. The number of piperazine rings is 1. The Kier molecular flexibility index (Phi) is 5.89. The first kappa shape index (κ1) is 18.8. The number of hydrogen-bond donors (Lipinski definition) is 1. The van der Waals surface area contributed by atoms with E-state index in [4.69, 9.17) is 4.42 Å². The summed E-state index contributed by atoms with van der Waals surface area (Å²) < 4.78 is 31.9. The lowest BCUT2D eigenvalue weighted by molar-refractivity contribution is 0.0927. The van der Waals surface area contributed by atoms with Crippen molar-refractivity contribution in [3.8, 4) is 0 Å². The number of hydrogen-bond acceptors (Lipinski definition) is 7. The number of nitrogens with zero attached hydrogens (tertiary/aromatic N) is 4. The molecule has 140 valence electrons. The van der Waals surface area contributed by atoms with E-state index in [0.717, 1.165) is 0 Å². The first-order valence-corrected chi connectivity index (χ1v) is 10.4. The van der Waals surface area contributed by atoms with Crippen molar-refractivity contribution in [1.29, 1.82) is 0 Å². The van der Waals surface area contributed by atoms with E-state index in [1.54, 1.807) is 24.5 Å². The summed E-state index contributed by atoms with van der Waals surface area (Å²) >= 11 is 3.11. The van der Waals surface area contributed by atoms with Crippen LogP contribution in [0.1, 0.15) is 10.6 Å². The molecule has 2 aromatic heterocycles. The van der Waals surface area contributed by atoms with E-state index in [1.807, 2.05) is 4.90 Å². The molecule has 3 rings (SSSR count). The van der Waals surface area contributed by atoms with E-state index in [9.17, 15) is 13.2 Å². The van der Waals surface area contributed by atoms with E-state index in [0.29, 0.717) is 36.8 Å². The second-order valence-electron chi connectivity index (χ2n) is 5.61. The van der Waals surface area contributed by atoms with Crippen molar-refractivity contribution in [3.05, 3.63) is 41.0 Å². The van der Waals surface area contributed by atoms with Crippen LogP contribution in [0, 0.1) is 0 Å². The molecule has 0 radical (unpaired) electrons. The minimum Gasteiger partial charge on any atom is -0.444 e. The molecule has 0 saturated carbocycles. The number of aromatic nitrogens is 2. The molecule has 1 amide bonds. The molecular formula is C15H18BrN5O4S. The fourth-order valence-electron chi connectivity index (χ4n) is 2.57. The Morgan fingerprint density at radius 3 is 2.50 bits per heavy atom. The number of nitrogens with one attached hydrogen (secondary N) is 1. The number of sulfonamides is 1. The summed E-state index contributed by atoms with van der Waals surface area (Å²) in [5.74, 6) is 0.117. The van der Waals surface area contributed by atoms with Crippen molar-refractivity contribution >= 4 is 37.8 Å². The maximum atomic E-state index is 12.4. The molecular weight excluding hydrogens is 426 g/mol. The number of carbonyl (C=O) groups is 1. The molecule has 3 heterocycles. The first-order chi connectivity index (χ1) is 12.5. The largest absolute Gasteiger partial charge is 0.444 e. The molecule has 0 aliphatic carbocycles. The highest BCUT2D eigenvalue weighted by atomic mass is 79.9. The Hall–Kier alpha value is -1.98. The maximum Gasteiger partial charge on any atom is 0.287 e. The van der Waals surface area contributed by atoms with Gasteiger partial charge in [-0.3, -0.25) is 4.79 Å². The van der Waals surface area contributed by atoms with Crippen molar-refractivity contribution in [2.24, 2.45) is 0 Å². The van der Waals surface area contributed by atoms with Crippen LogP contribution in [-0.4, -0.2) is 67.1 Å². The van der Waals surface area contributed by atoms with Crippen LogP contribution in [0.3, 0.4) is 0 Å². The quantitative estimate of drug-likeness (QED) is 0.699. The SMILES string of the molecule is O=C(NCCS(=O)(=O)N1CCN(c2ncccn2)CC1)c1ccc(Br)o1. The molecule has 1 N–H and O–H groups in total. The van der Waals surface area contributed by atoms with Gasteiger partial charge >= 0.3 is 0 Å². The lowest BCUT2D eigenvalue weighted by Gasteiger charge is -2.33. The molecule has 0 aromatic carbocycles. The summed E-state index contributed by atoms with van der Waals surface area (Å²) in [6, 6.07) is 4.85. The number of furan rings is 1. The van der Waals surface area contributed by atoms with Crippen molar-refractivity contribution in [2.75, 3.05) is 43.4 Å². The van der Waals surface area contributed by atoms with E-state index < -0.39 is 15.9 Å². The van der Waals surface area contributed by atoms with Crippen LogP contribution in [0.2, 0.25) is 0 Å². The Morgan fingerprint density at radius 1 is 1.19 bits per heavy atom. The van der Waals surface area contributed by atoms with Gasteiger partial charge in [-0.2, -0.15) is 4.31 Å². The van der Waals surface area contributed by atoms with Gasteiger partial charge in [-0.15, -0.1) is 0 Å². The second-order valence-corrected chi connectivity index (χ2v) is 8.48. The standard InChI is InChI=1S/C15H18BrN5O4S/c16-13-3-2-12(25-13)14(22)17-6-11-26(23,24)21-9-7-20(8-10-21)15-18-4-1-5-19-15/h1-5H,6-11H2,(H,17,22). The number of halogens is 1. The second kappa shape index (κ2) is 8.14. The normalized spacial score (nSPS) is 15.8. The summed E-state index contributed by atoms with van der Waals surface area (Å²) in [6.07, 6.45) is 3.32. The Morgan fingerprint density at radius 2 is 1.88 bits per heavy atom. The molecule has 11 heteroatoms. The van der Waals surface area contributed by atoms with E-state index in [-0.39, 0.29) is 18.1 Å². The molecule has 0 atom stereocenters. The molecule has 1 saturated heterocycles. The molecule has 0 unspecified atom stereocenters. The predicted octanol–water partition coefficient (Wildman–Crippen LogP) is 0.714. The first-order valence-electron chi connectivity index (χ1n) is 7.99. The third-order valence-corrected chi connectivity index (χ3v) is 6.21.